The van der Waals surface area contributed by atoms with E-state index in [1.807, 2.05) is 24.8 Å². The second-order valence-corrected chi connectivity index (χ2v) is 6.54. The summed E-state index contributed by atoms with van der Waals surface area (Å²) in [7, 11) is 0. The van der Waals surface area contributed by atoms with Gasteiger partial charge in [-0.2, -0.15) is 11.8 Å². The molecule has 2 rings (SSSR count). The van der Waals surface area contributed by atoms with Gasteiger partial charge >= 0.3 is 6.03 Å². The predicted octanol–water partition coefficient (Wildman–Crippen LogP) is 1.54. The minimum Gasteiger partial charge on any atom is -0.374 e. The Morgan fingerprint density at radius 1 is 1.32 bits per heavy atom. The van der Waals surface area contributed by atoms with E-state index in [-0.39, 0.29) is 0 Å². The highest BCUT2D eigenvalue weighted by molar-refractivity contribution is 7.99. The predicted molar refractivity (Wildman–Crippen MR) is 91.5 cm³/mol. The number of carbonyl (C=O) groups is 2. The summed E-state index contributed by atoms with van der Waals surface area (Å²) in [4.78, 5) is 24.8. The molecular formula is C15H22N4O2S. The summed E-state index contributed by atoms with van der Waals surface area (Å²) in [6.45, 7) is 5.82. The lowest BCUT2D eigenvalue weighted by Gasteiger charge is -2.29. The van der Waals surface area contributed by atoms with Gasteiger partial charge in [-0.25, -0.2) is 4.79 Å². The summed E-state index contributed by atoms with van der Waals surface area (Å²) in [6.07, 6.45) is 0. The van der Waals surface area contributed by atoms with Gasteiger partial charge in [0, 0.05) is 36.0 Å². The number of amides is 3. The molecule has 1 aromatic rings. The largest absolute Gasteiger partial charge is 0.374 e. The Hall–Kier alpha value is -1.89. The van der Waals surface area contributed by atoms with Crippen molar-refractivity contribution in [3.63, 3.8) is 0 Å². The van der Waals surface area contributed by atoms with Crippen molar-refractivity contribution in [1.82, 2.24) is 5.32 Å². The normalized spacial score (nSPS) is 16.0. The number of aryl methyl sites for hydroxylation is 1. The van der Waals surface area contributed by atoms with Gasteiger partial charge in [0.15, 0.2) is 0 Å². The van der Waals surface area contributed by atoms with Gasteiger partial charge in [0.25, 0.3) is 0 Å². The van der Waals surface area contributed by atoms with Crippen LogP contribution in [0.25, 0.3) is 0 Å². The molecule has 1 unspecified atom stereocenters. The highest BCUT2D eigenvalue weighted by Crippen LogP contribution is 2.25. The average molecular weight is 322 g/mol. The molecule has 0 saturated carbocycles. The molecule has 6 nitrogen and oxygen atoms in total. The van der Waals surface area contributed by atoms with Gasteiger partial charge < -0.3 is 16.0 Å². The van der Waals surface area contributed by atoms with Crippen molar-refractivity contribution in [2.75, 3.05) is 34.8 Å². The van der Waals surface area contributed by atoms with E-state index in [1.54, 1.807) is 6.92 Å². The summed E-state index contributed by atoms with van der Waals surface area (Å²) < 4.78 is 0. The van der Waals surface area contributed by atoms with Crippen molar-refractivity contribution in [1.29, 1.82) is 0 Å². The van der Waals surface area contributed by atoms with Gasteiger partial charge in [0.05, 0.1) is 0 Å². The van der Waals surface area contributed by atoms with Gasteiger partial charge in [-0.3, -0.25) is 10.1 Å². The summed E-state index contributed by atoms with van der Waals surface area (Å²) in [6, 6.07) is 4.78. The molecule has 0 aromatic heterocycles. The van der Waals surface area contributed by atoms with Crippen LogP contribution in [0.15, 0.2) is 18.2 Å². The van der Waals surface area contributed by atoms with Crippen molar-refractivity contribution in [2.45, 2.75) is 19.9 Å². The van der Waals surface area contributed by atoms with Crippen LogP contribution in [0.2, 0.25) is 0 Å². The molecule has 0 spiro atoms. The Labute approximate surface area is 134 Å². The van der Waals surface area contributed by atoms with Crippen molar-refractivity contribution in [3.05, 3.63) is 23.8 Å². The second kappa shape index (κ2) is 7.40. The molecule has 0 aliphatic carbocycles. The van der Waals surface area contributed by atoms with E-state index in [1.165, 1.54) is 5.69 Å². The summed E-state index contributed by atoms with van der Waals surface area (Å²) >= 11 is 1.98. The van der Waals surface area contributed by atoms with Crippen LogP contribution in [-0.4, -0.2) is 42.6 Å². The third kappa shape index (κ3) is 4.30. The number of anilines is 2. The quantitative estimate of drug-likeness (QED) is 0.783. The lowest BCUT2D eigenvalue weighted by atomic mass is 10.1. The minimum absolute atomic E-state index is 0.441. The molecule has 120 valence electrons. The van der Waals surface area contributed by atoms with E-state index < -0.39 is 18.0 Å². The Morgan fingerprint density at radius 3 is 2.59 bits per heavy atom. The number of primary amides is 1. The molecule has 1 aromatic carbocycles. The number of nitrogens with one attached hydrogen (secondary N) is 2. The average Bonchev–Trinajstić information content (AvgIpc) is 2.49. The van der Waals surface area contributed by atoms with Gasteiger partial charge in [-0.1, -0.05) is 0 Å². The molecule has 0 bridgehead atoms. The Kier molecular flexibility index (Phi) is 5.54. The van der Waals surface area contributed by atoms with Crippen LogP contribution in [0, 0.1) is 6.92 Å². The van der Waals surface area contributed by atoms with E-state index in [0.29, 0.717) is 0 Å². The maximum absolute atomic E-state index is 11.7. The number of hydrogen-bond donors (Lipinski definition) is 3. The van der Waals surface area contributed by atoms with E-state index in [9.17, 15) is 9.59 Å². The Bertz CT molecular complexity index is 558. The lowest BCUT2D eigenvalue weighted by molar-refractivity contribution is -0.120. The monoisotopic (exact) mass is 322 g/mol. The van der Waals surface area contributed by atoms with E-state index in [2.05, 4.69) is 27.7 Å². The molecule has 1 aliphatic heterocycles. The number of nitrogens with two attached hydrogens (primary N) is 1. The maximum Gasteiger partial charge on any atom is 0.318 e. The molecule has 1 saturated heterocycles. The highest BCUT2D eigenvalue weighted by Gasteiger charge is 2.16. The second-order valence-electron chi connectivity index (χ2n) is 5.32. The third-order valence-electron chi connectivity index (χ3n) is 3.60. The molecule has 1 fully saturated rings. The first kappa shape index (κ1) is 16.5. The number of nitrogens with zero attached hydrogens (tertiary/aromatic N) is 1. The van der Waals surface area contributed by atoms with Gasteiger partial charge in [-0.05, 0) is 37.6 Å². The number of carbonyl (C=O) groups excluding carboxylic acids is 2. The van der Waals surface area contributed by atoms with E-state index in [4.69, 9.17) is 5.73 Å². The fraction of sp³-hybridized carbons (Fsp3) is 0.467. The van der Waals surface area contributed by atoms with Crippen molar-refractivity contribution >= 4 is 35.1 Å². The van der Waals surface area contributed by atoms with Crippen molar-refractivity contribution in [2.24, 2.45) is 5.73 Å². The molecule has 1 atom stereocenters. The van der Waals surface area contributed by atoms with Crippen LogP contribution >= 0.6 is 11.8 Å². The van der Waals surface area contributed by atoms with Crippen LogP contribution in [0.5, 0.6) is 0 Å². The zero-order chi connectivity index (χ0) is 16.1. The number of hydrogen-bond acceptors (Lipinski definition) is 5. The number of imide groups is 1. The molecular weight excluding hydrogens is 300 g/mol. The Balaban J connectivity index is 2.03. The van der Waals surface area contributed by atoms with Crippen LogP contribution in [0.3, 0.4) is 0 Å². The van der Waals surface area contributed by atoms with Gasteiger partial charge in [0.1, 0.15) is 6.04 Å². The van der Waals surface area contributed by atoms with Gasteiger partial charge in [0.2, 0.25) is 5.91 Å². The van der Waals surface area contributed by atoms with Crippen LogP contribution < -0.4 is 21.3 Å². The molecule has 1 heterocycles. The molecule has 1 aliphatic rings. The maximum atomic E-state index is 11.7. The summed E-state index contributed by atoms with van der Waals surface area (Å²) in [5.41, 5.74) is 8.10. The van der Waals surface area contributed by atoms with Crippen molar-refractivity contribution < 1.29 is 9.59 Å². The zero-order valence-electron chi connectivity index (χ0n) is 12.9. The van der Waals surface area contributed by atoms with Crippen molar-refractivity contribution in [3.8, 4) is 0 Å². The standard InChI is InChI=1S/C15H22N4O2S/c1-10-9-12(19-5-7-22-8-6-19)3-4-13(10)17-11(2)14(20)18-15(16)21/h3-4,9,11,17H,5-8H2,1-2H3,(H3,16,18,20,21). The number of benzene rings is 1. The molecule has 4 N–H and O–H groups in total. The topological polar surface area (TPSA) is 87.5 Å². The van der Waals surface area contributed by atoms with Gasteiger partial charge in [-0.15, -0.1) is 0 Å². The van der Waals surface area contributed by atoms with Crippen LogP contribution in [0.1, 0.15) is 12.5 Å². The number of thioether (sulfide) groups is 1. The zero-order valence-corrected chi connectivity index (χ0v) is 13.7. The fourth-order valence-electron chi connectivity index (χ4n) is 2.36. The first-order valence-electron chi connectivity index (χ1n) is 7.27. The third-order valence-corrected chi connectivity index (χ3v) is 4.54. The Morgan fingerprint density at radius 2 is 2.00 bits per heavy atom. The molecule has 7 heteroatoms. The molecule has 22 heavy (non-hydrogen) atoms. The SMILES string of the molecule is Cc1cc(N2CCSCC2)ccc1NC(C)C(=O)NC(N)=O. The molecule has 0 radical (unpaired) electrons. The van der Waals surface area contributed by atoms with Crippen LogP contribution in [0.4, 0.5) is 16.2 Å². The highest BCUT2D eigenvalue weighted by atomic mass is 32.2. The minimum atomic E-state index is -0.839. The first-order valence-corrected chi connectivity index (χ1v) is 8.43. The van der Waals surface area contributed by atoms with Crippen LogP contribution in [-0.2, 0) is 4.79 Å². The smallest absolute Gasteiger partial charge is 0.318 e. The summed E-state index contributed by atoms with van der Waals surface area (Å²) in [5, 5.41) is 5.18. The molecule has 3 amide bonds. The summed E-state index contributed by atoms with van der Waals surface area (Å²) in [5.74, 6) is 1.87. The lowest BCUT2D eigenvalue weighted by Crippen LogP contribution is -2.43. The van der Waals surface area contributed by atoms with E-state index >= 15 is 0 Å². The number of urea groups is 1. The van der Waals surface area contributed by atoms with E-state index in [0.717, 1.165) is 35.8 Å². The fourth-order valence-corrected chi connectivity index (χ4v) is 3.26. The number of rotatable bonds is 4. The first-order chi connectivity index (χ1) is 10.5.